The first-order chi connectivity index (χ1) is 9.78. The molecule has 0 N–H and O–H groups in total. The molecular formula is C17H14O3. The summed E-state index contributed by atoms with van der Waals surface area (Å²) in [5, 5.41) is 0. The molecule has 0 fully saturated rings. The van der Waals surface area contributed by atoms with E-state index in [0.717, 1.165) is 16.9 Å². The highest BCUT2D eigenvalue weighted by atomic mass is 16.5. The second kappa shape index (κ2) is 5.21. The number of hydrogen-bond donors (Lipinski definition) is 0. The van der Waals surface area contributed by atoms with Crippen LogP contribution in [0.2, 0.25) is 0 Å². The molecule has 1 aliphatic rings. The lowest BCUT2D eigenvalue weighted by Gasteiger charge is -2.06. The van der Waals surface area contributed by atoms with Gasteiger partial charge in [-0.2, -0.15) is 0 Å². The molecule has 20 heavy (non-hydrogen) atoms. The van der Waals surface area contributed by atoms with Gasteiger partial charge in [0, 0.05) is 5.56 Å². The van der Waals surface area contributed by atoms with Crippen LogP contribution in [0.4, 0.5) is 0 Å². The smallest absolute Gasteiger partial charge is 0.339 e. The highest BCUT2D eigenvalue weighted by Crippen LogP contribution is 2.34. The summed E-state index contributed by atoms with van der Waals surface area (Å²) in [4.78, 5) is 11.8. The fourth-order valence-electron chi connectivity index (χ4n) is 2.24. The average Bonchev–Trinajstić information content (AvgIpc) is 2.82. The third-order valence-corrected chi connectivity index (χ3v) is 3.28. The van der Waals surface area contributed by atoms with E-state index in [1.807, 2.05) is 48.6 Å². The predicted octanol–water partition coefficient (Wildman–Crippen LogP) is 3.62. The molecule has 1 atom stereocenters. The first-order valence-electron chi connectivity index (χ1n) is 6.40. The van der Waals surface area contributed by atoms with Crippen molar-refractivity contribution in [1.29, 1.82) is 0 Å². The number of carbonyl (C=O) groups excluding carboxylic acids is 1. The Kier molecular flexibility index (Phi) is 3.25. The molecule has 2 aromatic carbocycles. The number of cyclic esters (lactones) is 1. The summed E-state index contributed by atoms with van der Waals surface area (Å²) in [6.07, 6.45) is 3.48. The molecule has 1 unspecified atom stereocenters. The lowest BCUT2D eigenvalue weighted by Crippen LogP contribution is -1.95. The fourth-order valence-corrected chi connectivity index (χ4v) is 2.24. The van der Waals surface area contributed by atoms with E-state index in [9.17, 15) is 4.79 Å². The molecule has 2 aromatic rings. The Hall–Kier alpha value is -2.55. The minimum Gasteiger partial charge on any atom is -0.497 e. The third kappa shape index (κ3) is 2.30. The number of rotatable bonds is 3. The zero-order valence-electron chi connectivity index (χ0n) is 11.1. The van der Waals surface area contributed by atoms with Crippen molar-refractivity contribution in [2.45, 2.75) is 6.10 Å². The molecule has 0 amide bonds. The molecular weight excluding hydrogens is 252 g/mol. The standard InChI is InChI=1S/C17H14O3/c1-19-13-8-9-14-15(11-13)16(20-17(14)18)10-7-12-5-3-2-4-6-12/h2-11,16H,1H3/b10-7-. The molecule has 1 aliphatic heterocycles. The molecule has 100 valence electrons. The third-order valence-electron chi connectivity index (χ3n) is 3.28. The van der Waals surface area contributed by atoms with E-state index in [0.29, 0.717) is 5.56 Å². The number of fused-ring (bicyclic) bond motifs is 1. The van der Waals surface area contributed by atoms with Gasteiger partial charge >= 0.3 is 5.97 Å². The Balaban J connectivity index is 1.90. The van der Waals surface area contributed by atoms with Crippen LogP contribution in [0.3, 0.4) is 0 Å². The summed E-state index contributed by atoms with van der Waals surface area (Å²) in [7, 11) is 1.61. The molecule has 0 aliphatic carbocycles. The van der Waals surface area contributed by atoms with Crippen LogP contribution in [0.25, 0.3) is 6.08 Å². The van der Waals surface area contributed by atoms with Gasteiger partial charge in [-0.3, -0.25) is 0 Å². The molecule has 3 nitrogen and oxygen atoms in total. The van der Waals surface area contributed by atoms with E-state index >= 15 is 0 Å². The van der Waals surface area contributed by atoms with Crippen molar-refractivity contribution in [1.82, 2.24) is 0 Å². The first-order valence-corrected chi connectivity index (χ1v) is 6.40. The Morgan fingerprint density at radius 3 is 2.70 bits per heavy atom. The van der Waals surface area contributed by atoms with Gasteiger partial charge in [0.05, 0.1) is 12.7 Å². The van der Waals surface area contributed by atoms with Gasteiger partial charge in [0.25, 0.3) is 0 Å². The van der Waals surface area contributed by atoms with E-state index in [2.05, 4.69) is 0 Å². The van der Waals surface area contributed by atoms with Crippen LogP contribution >= 0.6 is 0 Å². The number of carbonyl (C=O) groups is 1. The highest BCUT2D eigenvalue weighted by molar-refractivity contribution is 5.94. The van der Waals surface area contributed by atoms with Gasteiger partial charge in [0.1, 0.15) is 11.9 Å². The lowest BCUT2D eigenvalue weighted by atomic mass is 10.0. The molecule has 0 saturated carbocycles. The Morgan fingerprint density at radius 1 is 1.15 bits per heavy atom. The van der Waals surface area contributed by atoms with Gasteiger partial charge in [-0.1, -0.05) is 36.4 Å². The number of ether oxygens (including phenoxy) is 2. The molecule has 0 bridgehead atoms. The van der Waals surface area contributed by atoms with Crippen LogP contribution in [-0.2, 0) is 4.74 Å². The SMILES string of the molecule is COc1ccc2c(c1)C(/C=C\c1ccccc1)OC2=O. The Bertz CT molecular complexity index is 659. The van der Waals surface area contributed by atoms with E-state index < -0.39 is 0 Å². The summed E-state index contributed by atoms with van der Waals surface area (Å²) in [5.41, 5.74) is 2.52. The summed E-state index contributed by atoms with van der Waals surface area (Å²) < 4.78 is 10.6. The summed E-state index contributed by atoms with van der Waals surface area (Å²) in [6.45, 7) is 0. The van der Waals surface area contributed by atoms with E-state index in [-0.39, 0.29) is 12.1 Å². The quantitative estimate of drug-likeness (QED) is 0.796. The fraction of sp³-hybridized carbons (Fsp3) is 0.118. The zero-order valence-corrected chi connectivity index (χ0v) is 11.1. The van der Waals surface area contributed by atoms with Gasteiger partial charge in [0.15, 0.2) is 0 Å². The van der Waals surface area contributed by atoms with Gasteiger partial charge in [-0.15, -0.1) is 0 Å². The Morgan fingerprint density at radius 2 is 1.95 bits per heavy atom. The normalized spacial score (nSPS) is 17.1. The minimum absolute atomic E-state index is 0.287. The van der Waals surface area contributed by atoms with Crippen molar-refractivity contribution in [2.24, 2.45) is 0 Å². The maximum atomic E-state index is 11.8. The van der Waals surface area contributed by atoms with Crippen molar-refractivity contribution >= 4 is 12.0 Å². The van der Waals surface area contributed by atoms with Crippen molar-refractivity contribution in [3.05, 3.63) is 71.3 Å². The number of hydrogen-bond acceptors (Lipinski definition) is 3. The van der Waals surface area contributed by atoms with Crippen molar-refractivity contribution < 1.29 is 14.3 Å². The van der Waals surface area contributed by atoms with Crippen molar-refractivity contribution in [2.75, 3.05) is 7.11 Å². The van der Waals surface area contributed by atoms with Gasteiger partial charge in [-0.25, -0.2) is 4.79 Å². The largest absolute Gasteiger partial charge is 0.497 e. The van der Waals surface area contributed by atoms with Crippen LogP contribution in [0, 0.1) is 0 Å². The van der Waals surface area contributed by atoms with E-state index in [4.69, 9.17) is 9.47 Å². The molecule has 0 saturated heterocycles. The van der Waals surface area contributed by atoms with Gasteiger partial charge < -0.3 is 9.47 Å². The zero-order chi connectivity index (χ0) is 13.9. The summed E-state index contributed by atoms with van der Waals surface area (Å²) >= 11 is 0. The van der Waals surface area contributed by atoms with Crippen LogP contribution in [0.15, 0.2) is 54.6 Å². The lowest BCUT2D eigenvalue weighted by molar-refractivity contribution is 0.0468. The molecule has 1 heterocycles. The molecule has 0 aromatic heterocycles. The average molecular weight is 266 g/mol. The summed E-state index contributed by atoms with van der Waals surface area (Å²) in [6, 6.07) is 15.3. The minimum atomic E-state index is -0.354. The van der Waals surface area contributed by atoms with Gasteiger partial charge in [-0.05, 0) is 29.8 Å². The molecule has 0 spiro atoms. The van der Waals surface area contributed by atoms with Crippen LogP contribution < -0.4 is 4.74 Å². The number of benzene rings is 2. The van der Waals surface area contributed by atoms with E-state index in [1.165, 1.54) is 0 Å². The van der Waals surface area contributed by atoms with Crippen LogP contribution in [0.1, 0.15) is 27.6 Å². The maximum Gasteiger partial charge on any atom is 0.339 e. The predicted molar refractivity (Wildman–Crippen MR) is 76.6 cm³/mol. The number of methoxy groups -OCH3 is 1. The highest BCUT2D eigenvalue weighted by Gasteiger charge is 2.29. The van der Waals surface area contributed by atoms with Crippen molar-refractivity contribution in [3.63, 3.8) is 0 Å². The topological polar surface area (TPSA) is 35.5 Å². The molecule has 3 rings (SSSR count). The first kappa shape index (κ1) is 12.5. The van der Waals surface area contributed by atoms with Crippen molar-refractivity contribution in [3.8, 4) is 5.75 Å². The van der Waals surface area contributed by atoms with E-state index in [1.54, 1.807) is 19.2 Å². The maximum absolute atomic E-state index is 11.8. The van der Waals surface area contributed by atoms with Crippen LogP contribution in [-0.4, -0.2) is 13.1 Å². The second-order valence-electron chi connectivity index (χ2n) is 4.55. The Labute approximate surface area is 117 Å². The van der Waals surface area contributed by atoms with Crippen LogP contribution in [0.5, 0.6) is 5.75 Å². The molecule has 0 radical (unpaired) electrons. The van der Waals surface area contributed by atoms with Gasteiger partial charge in [0.2, 0.25) is 0 Å². The second-order valence-corrected chi connectivity index (χ2v) is 4.55. The molecule has 3 heteroatoms. The number of esters is 1. The monoisotopic (exact) mass is 266 g/mol. The summed E-state index contributed by atoms with van der Waals surface area (Å²) in [5.74, 6) is 0.436.